The van der Waals surface area contributed by atoms with E-state index in [-0.39, 0.29) is 18.1 Å². The van der Waals surface area contributed by atoms with E-state index < -0.39 is 0 Å². The van der Waals surface area contributed by atoms with Crippen molar-refractivity contribution < 1.29 is 14.4 Å². The molecule has 0 spiro atoms. The van der Waals surface area contributed by atoms with E-state index in [1.165, 1.54) is 5.06 Å². The highest BCUT2D eigenvalue weighted by Gasteiger charge is 2.32. The highest BCUT2D eigenvalue weighted by Crippen LogP contribution is 2.31. The fraction of sp³-hybridized carbons (Fsp3) is 0.412. The van der Waals surface area contributed by atoms with Crippen LogP contribution in [0.1, 0.15) is 52.8 Å². The molecule has 23 heavy (non-hydrogen) atoms. The molecule has 6 nitrogen and oxygen atoms in total. The van der Waals surface area contributed by atoms with E-state index in [0.717, 1.165) is 22.4 Å². The number of carbonyl (C=O) groups excluding carboxylic acids is 1. The lowest BCUT2D eigenvalue weighted by molar-refractivity contribution is -0.150. The Hall–Kier alpha value is -2.18. The number of rotatable bonds is 1. The van der Waals surface area contributed by atoms with Crippen LogP contribution in [0.3, 0.4) is 0 Å². The second-order valence-electron chi connectivity index (χ2n) is 6.14. The van der Waals surface area contributed by atoms with Crippen molar-refractivity contribution in [1.82, 2.24) is 15.3 Å². The lowest BCUT2D eigenvalue weighted by atomic mass is 9.99. The van der Waals surface area contributed by atoms with Gasteiger partial charge in [0.05, 0.1) is 24.4 Å². The van der Waals surface area contributed by atoms with Crippen molar-refractivity contribution in [2.24, 2.45) is 0 Å². The Bertz CT molecular complexity index is 755. The van der Waals surface area contributed by atoms with Gasteiger partial charge in [0, 0.05) is 12.0 Å². The number of hydroxylamine groups is 2. The lowest BCUT2D eigenvalue weighted by Gasteiger charge is -2.29. The molecular weight excluding hydrogens is 294 g/mol. The van der Waals surface area contributed by atoms with Crippen LogP contribution in [0.4, 0.5) is 0 Å². The molecule has 2 aliphatic heterocycles. The van der Waals surface area contributed by atoms with Crippen LogP contribution in [0.25, 0.3) is 0 Å². The van der Waals surface area contributed by atoms with E-state index in [1.807, 2.05) is 38.1 Å². The molecule has 0 aliphatic carbocycles. The van der Waals surface area contributed by atoms with Gasteiger partial charge in [-0.15, -0.1) is 0 Å². The molecular formula is C17H19N3O3. The summed E-state index contributed by atoms with van der Waals surface area (Å²) >= 11 is 0. The summed E-state index contributed by atoms with van der Waals surface area (Å²) in [6.45, 7) is 4.82. The van der Waals surface area contributed by atoms with Gasteiger partial charge in [-0.25, -0.2) is 5.06 Å². The van der Waals surface area contributed by atoms with E-state index >= 15 is 0 Å². The van der Waals surface area contributed by atoms with Gasteiger partial charge < -0.3 is 4.74 Å². The average Bonchev–Trinajstić information content (AvgIpc) is 2.97. The fourth-order valence-electron chi connectivity index (χ4n) is 3.30. The van der Waals surface area contributed by atoms with Gasteiger partial charge in [0.15, 0.2) is 5.69 Å². The highest BCUT2D eigenvalue weighted by molar-refractivity contribution is 5.93. The third kappa shape index (κ3) is 2.44. The fourth-order valence-corrected chi connectivity index (χ4v) is 3.30. The lowest BCUT2D eigenvalue weighted by Crippen LogP contribution is -2.35. The van der Waals surface area contributed by atoms with Gasteiger partial charge in [0.1, 0.15) is 6.61 Å². The van der Waals surface area contributed by atoms with E-state index in [9.17, 15) is 4.79 Å². The molecule has 2 aromatic rings. The van der Waals surface area contributed by atoms with Crippen LogP contribution in [0.2, 0.25) is 0 Å². The van der Waals surface area contributed by atoms with Crippen molar-refractivity contribution in [2.75, 3.05) is 0 Å². The SMILES string of the molecule is C[C@@H]1Cc2c(C(=O)N3Cc4ccccc4CO3)n[nH]c2[C@H](C)O1. The predicted molar refractivity (Wildman–Crippen MR) is 82.4 cm³/mol. The monoisotopic (exact) mass is 313 g/mol. The maximum Gasteiger partial charge on any atom is 0.298 e. The Labute approximate surface area is 134 Å². The van der Waals surface area contributed by atoms with Crippen molar-refractivity contribution in [2.45, 2.75) is 45.6 Å². The molecule has 0 bridgehead atoms. The second-order valence-corrected chi connectivity index (χ2v) is 6.14. The maximum atomic E-state index is 12.8. The zero-order valence-corrected chi connectivity index (χ0v) is 13.2. The third-order valence-electron chi connectivity index (χ3n) is 4.47. The minimum absolute atomic E-state index is 0.0738. The summed E-state index contributed by atoms with van der Waals surface area (Å²) < 4.78 is 5.77. The molecule has 0 fully saturated rings. The Morgan fingerprint density at radius 3 is 2.91 bits per heavy atom. The number of hydrogen-bond acceptors (Lipinski definition) is 4. The Kier molecular flexibility index (Phi) is 3.43. The van der Waals surface area contributed by atoms with Gasteiger partial charge in [-0.1, -0.05) is 24.3 Å². The molecule has 1 aromatic heterocycles. The normalized spacial score (nSPS) is 23.3. The number of nitrogens with zero attached hydrogens (tertiary/aromatic N) is 2. The number of carbonyl (C=O) groups is 1. The topological polar surface area (TPSA) is 67.5 Å². The van der Waals surface area contributed by atoms with Gasteiger partial charge in [-0.3, -0.25) is 14.7 Å². The van der Waals surface area contributed by atoms with Crippen LogP contribution in [0, 0.1) is 0 Å². The average molecular weight is 313 g/mol. The van der Waals surface area contributed by atoms with Crippen LogP contribution in [0.15, 0.2) is 24.3 Å². The molecule has 0 radical (unpaired) electrons. The first-order chi connectivity index (χ1) is 11.1. The van der Waals surface area contributed by atoms with E-state index in [0.29, 0.717) is 25.3 Å². The zero-order valence-electron chi connectivity index (χ0n) is 13.2. The van der Waals surface area contributed by atoms with E-state index in [1.54, 1.807) is 0 Å². The van der Waals surface area contributed by atoms with Crippen molar-refractivity contribution >= 4 is 5.91 Å². The number of amides is 1. The van der Waals surface area contributed by atoms with Gasteiger partial charge in [-0.05, 0) is 25.0 Å². The largest absolute Gasteiger partial charge is 0.369 e. The number of ether oxygens (including phenoxy) is 1. The van der Waals surface area contributed by atoms with Gasteiger partial charge in [0.25, 0.3) is 5.91 Å². The van der Waals surface area contributed by atoms with Crippen LogP contribution < -0.4 is 0 Å². The second kappa shape index (κ2) is 5.47. The van der Waals surface area contributed by atoms with Gasteiger partial charge in [-0.2, -0.15) is 5.10 Å². The summed E-state index contributed by atoms with van der Waals surface area (Å²) in [5, 5.41) is 8.60. The first kappa shape index (κ1) is 14.4. The first-order valence-corrected chi connectivity index (χ1v) is 7.87. The summed E-state index contributed by atoms with van der Waals surface area (Å²) in [6, 6.07) is 8.00. The van der Waals surface area contributed by atoms with Crippen LogP contribution in [-0.4, -0.2) is 27.3 Å². The smallest absolute Gasteiger partial charge is 0.298 e. The summed E-state index contributed by atoms with van der Waals surface area (Å²) in [7, 11) is 0. The zero-order chi connectivity index (χ0) is 16.0. The predicted octanol–water partition coefficient (Wildman–Crippen LogP) is 2.52. The molecule has 2 aliphatic rings. The number of aromatic amines is 1. The van der Waals surface area contributed by atoms with E-state index in [2.05, 4.69) is 10.2 Å². The number of nitrogens with one attached hydrogen (secondary N) is 1. The summed E-state index contributed by atoms with van der Waals surface area (Å²) in [5.41, 5.74) is 4.52. The van der Waals surface area contributed by atoms with Crippen molar-refractivity contribution in [3.8, 4) is 0 Å². The minimum atomic E-state index is -0.196. The molecule has 1 N–H and O–H groups in total. The van der Waals surface area contributed by atoms with Gasteiger partial charge in [0.2, 0.25) is 0 Å². The standard InChI is InChI=1S/C17H19N3O3/c1-10-7-14-15(11(2)23-10)18-19-16(14)17(21)20-8-12-5-3-4-6-13(12)9-22-20/h3-6,10-11H,7-9H2,1-2H3,(H,18,19)/t10-,11+/m1/s1. The number of fused-ring (bicyclic) bond motifs is 2. The summed E-state index contributed by atoms with van der Waals surface area (Å²) in [4.78, 5) is 18.5. The van der Waals surface area contributed by atoms with Crippen molar-refractivity contribution in [3.05, 3.63) is 52.3 Å². The third-order valence-corrected chi connectivity index (χ3v) is 4.47. The number of hydrogen-bond donors (Lipinski definition) is 1. The minimum Gasteiger partial charge on any atom is -0.369 e. The van der Waals surface area contributed by atoms with Crippen molar-refractivity contribution in [1.29, 1.82) is 0 Å². The molecule has 2 atom stereocenters. The molecule has 120 valence electrons. The van der Waals surface area contributed by atoms with Crippen molar-refractivity contribution in [3.63, 3.8) is 0 Å². The van der Waals surface area contributed by atoms with Crippen LogP contribution in [0.5, 0.6) is 0 Å². The molecule has 0 saturated heterocycles. The summed E-state index contributed by atoms with van der Waals surface area (Å²) in [5.74, 6) is -0.196. The van der Waals surface area contributed by atoms with Crippen LogP contribution in [-0.2, 0) is 29.1 Å². The highest BCUT2D eigenvalue weighted by atomic mass is 16.7. The molecule has 6 heteroatoms. The van der Waals surface area contributed by atoms with Crippen LogP contribution >= 0.6 is 0 Å². The Morgan fingerprint density at radius 1 is 1.30 bits per heavy atom. The van der Waals surface area contributed by atoms with E-state index in [4.69, 9.17) is 9.57 Å². The number of benzene rings is 1. The van der Waals surface area contributed by atoms with Gasteiger partial charge >= 0.3 is 0 Å². The molecule has 1 amide bonds. The molecule has 0 unspecified atom stereocenters. The Balaban J connectivity index is 1.62. The molecule has 4 rings (SSSR count). The number of aromatic nitrogens is 2. The molecule has 1 aromatic carbocycles. The molecule has 3 heterocycles. The maximum absolute atomic E-state index is 12.8. The number of H-pyrrole nitrogens is 1. The molecule has 0 saturated carbocycles. The summed E-state index contributed by atoms with van der Waals surface area (Å²) in [6.07, 6.45) is 0.678. The Morgan fingerprint density at radius 2 is 2.09 bits per heavy atom. The quantitative estimate of drug-likeness (QED) is 0.878. The first-order valence-electron chi connectivity index (χ1n) is 7.87.